The summed E-state index contributed by atoms with van der Waals surface area (Å²) in [5.74, 6) is 1.53. The van der Waals surface area contributed by atoms with E-state index in [4.69, 9.17) is 4.74 Å². The Kier molecular flexibility index (Phi) is 4.35. The quantitative estimate of drug-likeness (QED) is 0.684. The van der Waals surface area contributed by atoms with E-state index in [1.165, 1.54) is 5.71 Å². The number of nitrogens with zero attached hydrogens (tertiary/aromatic N) is 1. The fraction of sp³-hybridized carbons (Fsp3) is 0.462. The van der Waals surface area contributed by atoms with Gasteiger partial charge in [0.05, 0.1) is 12.8 Å². The lowest BCUT2D eigenvalue weighted by atomic mass is 10.1. The summed E-state index contributed by atoms with van der Waals surface area (Å²) in [6.45, 7) is 6.48. The Morgan fingerprint density at radius 3 is 2.33 bits per heavy atom. The molecule has 0 saturated heterocycles. The van der Waals surface area contributed by atoms with Crippen LogP contribution in [0.4, 0.5) is 5.69 Å². The smallest absolute Gasteiger partial charge is 0.119 e. The van der Waals surface area contributed by atoms with Gasteiger partial charge in [0.25, 0.3) is 0 Å². The molecule has 82 valence electrons. The van der Waals surface area contributed by atoms with Crippen LogP contribution in [0.1, 0.15) is 27.2 Å². The summed E-state index contributed by atoms with van der Waals surface area (Å²) in [6.07, 6.45) is 1.05. The highest BCUT2D eigenvalue weighted by molar-refractivity contribution is 5.84. The molecule has 0 fully saturated rings. The largest absolute Gasteiger partial charge is 0.497 e. The number of aliphatic imine (C=N–C) groups is 1. The molecule has 1 rings (SSSR count). The first kappa shape index (κ1) is 11.8. The van der Waals surface area contributed by atoms with Crippen LogP contribution >= 0.6 is 0 Å². The van der Waals surface area contributed by atoms with E-state index in [1.807, 2.05) is 24.3 Å². The lowest BCUT2D eigenvalue weighted by molar-refractivity contribution is 0.415. The van der Waals surface area contributed by atoms with Crippen molar-refractivity contribution < 1.29 is 4.74 Å². The molecule has 0 aliphatic carbocycles. The average Bonchev–Trinajstić information content (AvgIpc) is 2.17. The monoisotopic (exact) mass is 205 g/mol. The van der Waals surface area contributed by atoms with E-state index in [9.17, 15) is 0 Å². The highest BCUT2D eigenvalue weighted by Crippen LogP contribution is 2.18. The number of ether oxygens (including phenoxy) is 1. The highest BCUT2D eigenvalue weighted by Gasteiger charge is 1.98. The summed E-state index contributed by atoms with van der Waals surface area (Å²) in [6, 6.07) is 7.81. The third-order valence-corrected chi connectivity index (χ3v) is 2.10. The zero-order chi connectivity index (χ0) is 11.3. The van der Waals surface area contributed by atoms with Crippen molar-refractivity contribution in [3.05, 3.63) is 24.3 Å². The number of benzene rings is 1. The van der Waals surface area contributed by atoms with Gasteiger partial charge in [-0.1, -0.05) is 13.8 Å². The van der Waals surface area contributed by atoms with Crippen LogP contribution in [0.5, 0.6) is 5.75 Å². The van der Waals surface area contributed by atoms with Crippen molar-refractivity contribution in [1.82, 2.24) is 0 Å². The van der Waals surface area contributed by atoms with E-state index in [2.05, 4.69) is 25.8 Å². The van der Waals surface area contributed by atoms with Gasteiger partial charge in [0, 0.05) is 5.71 Å². The van der Waals surface area contributed by atoms with Crippen LogP contribution in [0.25, 0.3) is 0 Å². The van der Waals surface area contributed by atoms with E-state index in [0.29, 0.717) is 5.92 Å². The minimum absolute atomic E-state index is 0.659. The second kappa shape index (κ2) is 5.54. The SMILES string of the molecule is COc1ccc(/N=C(\C)CC(C)C)cc1. The van der Waals surface area contributed by atoms with Gasteiger partial charge in [0.1, 0.15) is 5.75 Å². The normalized spacial score (nSPS) is 11.9. The van der Waals surface area contributed by atoms with Gasteiger partial charge in [-0.15, -0.1) is 0 Å². The van der Waals surface area contributed by atoms with Crippen LogP contribution in [-0.4, -0.2) is 12.8 Å². The third kappa shape index (κ3) is 4.15. The highest BCUT2D eigenvalue weighted by atomic mass is 16.5. The Hall–Kier alpha value is -1.31. The van der Waals surface area contributed by atoms with Crippen LogP contribution in [0.3, 0.4) is 0 Å². The molecule has 0 saturated carbocycles. The molecule has 2 nitrogen and oxygen atoms in total. The number of hydrogen-bond acceptors (Lipinski definition) is 2. The van der Waals surface area contributed by atoms with Crippen molar-refractivity contribution in [1.29, 1.82) is 0 Å². The number of hydrogen-bond donors (Lipinski definition) is 0. The summed E-state index contributed by atoms with van der Waals surface area (Å²) < 4.78 is 5.09. The molecule has 0 aliphatic rings. The molecule has 0 atom stereocenters. The molecule has 0 spiro atoms. The first-order chi connectivity index (χ1) is 7.11. The fourth-order valence-electron chi connectivity index (χ4n) is 1.51. The standard InChI is InChI=1S/C13H19NO/c1-10(2)9-11(3)14-12-5-7-13(15-4)8-6-12/h5-8,10H,9H2,1-4H3/b14-11+. The summed E-state index contributed by atoms with van der Waals surface area (Å²) in [7, 11) is 1.67. The van der Waals surface area contributed by atoms with E-state index in [1.54, 1.807) is 7.11 Å². The Balaban J connectivity index is 2.71. The zero-order valence-corrected chi connectivity index (χ0v) is 9.95. The Labute approximate surface area is 92.0 Å². The summed E-state index contributed by atoms with van der Waals surface area (Å²) in [5.41, 5.74) is 2.17. The molecule has 1 aromatic carbocycles. The third-order valence-electron chi connectivity index (χ3n) is 2.10. The first-order valence-electron chi connectivity index (χ1n) is 5.30. The molecular formula is C13H19NO. The second-order valence-electron chi connectivity index (χ2n) is 4.14. The molecule has 0 amide bonds. The molecular weight excluding hydrogens is 186 g/mol. The first-order valence-corrected chi connectivity index (χ1v) is 5.30. The van der Waals surface area contributed by atoms with Gasteiger partial charge in [-0.2, -0.15) is 0 Å². The maximum Gasteiger partial charge on any atom is 0.119 e. The Morgan fingerprint density at radius 2 is 1.87 bits per heavy atom. The van der Waals surface area contributed by atoms with Gasteiger partial charge in [0.2, 0.25) is 0 Å². The Morgan fingerprint density at radius 1 is 1.27 bits per heavy atom. The van der Waals surface area contributed by atoms with Crippen LogP contribution in [0.2, 0.25) is 0 Å². The van der Waals surface area contributed by atoms with E-state index in [-0.39, 0.29) is 0 Å². The summed E-state index contributed by atoms with van der Waals surface area (Å²) in [4.78, 5) is 4.54. The van der Waals surface area contributed by atoms with Crippen LogP contribution in [-0.2, 0) is 0 Å². The molecule has 0 bridgehead atoms. The van der Waals surface area contributed by atoms with Crippen molar-refractivity contribution in [3.8, 4) is 5.75 Å². The van der Waals surface area contributed by atoms with Crippen molar-refractivity contribution in [2.24, 2.45) is 10.9 Å². The lowest BCUT2D eigenvalue weighted by Crippen LogP contribution is -1.97. The van der Waals surface area contributed by atoms with Crippen LogP contribution < -0.4 is 4.74 Å². The van der Waals surface area contributed by atoms with Gasteiger partial charge < -0.3 is 4.74 Å². The predicted octanol–water partition coefficient (Wildman–Crippen LogP) is 3.83. The summed E-state index contributed by atoms with van der Waals surface area (Å²) >= 11 is 0. The van der Waals surface area contributed by atoms with Gasteiger partial charge in [-0.05, 0) is 43.5 Å². The maximum atomic E-state index is 5.09. The van der Waals surface area contributed by atoms with Gasteiger partial charge >= 0.3 is 0 Å². The van der Waals surface area contributed by atoms with Crippen LogP contribution in [0.15, 0.2) is 29.3 Å². The molecule has 0 heterocycles. The van der Waals surface area contributed by atoms with E-state index >= 15 is 0 Å². The van der Waals surface area contributed by atoms with Gasteiger partial charge in [-0.25, -0.2) is 0 Å². The fourth-order valence-corrected chi connectivity index (χ4v) is 1.51. The minimum Gasteiger partial charge on any atom is -0.497 e. The molecule has 0 aliphatic heterocycles. The maximum absolute atomic E-state index is 5.09. The number of rotatable bonds is 4. The van der Waals surface area contributed by atoms with Crippen molar-refractivity contribution in [3.63, 3.8) is 0 Å². The molecule has 0 N–H and O–H groups in total. The van der Waals surface area contributed by atoms with Crippen molar-refractivity contribution in [2.45, 2.75) is 27.2 Å². The molecule has 15 heavy (non-hydrogen) atoms. The molecule has 0 unspecified atom stereocenters. The molecule has 0 radical (unpaired) electrons. The summed E-state index contributed by atoms with van der Waals surface area (Å²) in [5, 5.41) is 0. The Bertz CT molecular complexity index is 325. The number of methoxy groups -OCH3 is 1. The molecule has 2 heteroatoms. The molecule has 1 aromatic rings. The van der Waals surface area contributed by atoms with Gasteiger partial charge in [-0.3, -0.25) is 4.99 Å². The van der Waals surface area contributed by atoms with Gasteiger partial charge in [0.15, 0.2) is 0 Å². The van der Waals surface area contributed by atoms with Crippen LogP contribution in [0, 0.1) is 5.92 Å². The average molecular weight is 205 g/mol. The zero-order valence-electron chi connectivity index (χ0n) is 9.95. The van der Waals surface area contributed by atoms with E-state index < -0.39 is 0 Å². The predicted molar refractivity (Wildman–Crippen MR) is 65.2 cm³/mol. The second-order valence-corrected chi connectivity index (χ2v) is 4.14. The topological polar surface area (TPSA) is 21.6 Å². The van der Waals surface area contributed by atoms with E-state index in [0.717, 1.165) is 17.9 Å². The minimum atomic E-state index is 0.659. The molecule has 0 aromatic heterocycles. The van der Waals surface area contributed by atoms with Crippen molar-refractivity contribution >= 4 is 11.4 Å². The lowest BCUT2D eigenvalue weighted by Gasteiger charge is -2.04. The van der Waals surface area contributed by atoms with Crippen molar-refractivity contribution in [2.75, 3.05) is 7.11 Å².